The maximum atomic E-state index is 12.4. The quantitative estimate of drug-likeness (QED) is 0.775. The zero-order chi connectivity index (χ0) is 17.7. The highest BCUT2D eigenvalue weighted by molar-refractivity contribution is 5.96. The Kier molecular flexibility index (Phi) is 6.37. The Morgan fingerprint density at radius 1 is 1.25 bits per heavy atom. The summed E-state index contributed by atoms with van der Waals surface area (Å²) in [5.74, 6) is 0.108. The maximum Gasteiger partial charge on any atom is 0.251 e. The summed E-state index contributed by atoms with van der Waals surface area (Å²) in [6.45, 7) is 5.87. The van der Waals surface area contributed by atoms with Gasteiger partial charge in [0.2, 0.25) is 5.91 Å². The number of anilines is 1. The van der Waals surface area contributed by atoms with Crippen molar-refractivity contribution in [3.8, 4) is 0 Å². The summed E-state index contributed by atoms with van der Waals surface area (Å²) in [5, 5.41) is 15.8. The van der Waals surface area contributed by atoms with Crippen LogP contribution < -0.4 is 10.6 Å². The summed E-state index contributed by atoms with van der Waals surface area (Å²) < 4.78 is 0. The van der Waals surface area contributed by atoms with E-state index in [0.717, 1.165) is 36.9 Å². The molecule has 5 heteroatoms. The van der Waals surface area contributed by atoms with Gasteiger partial charge in [-0.3, -0.25) is 9.59 Å². The Morgan fingerprint density at radius 2 is 1.96 bits per heavy atom. The number of nitrogens with one attached hydrogen (secondary N) is 2. The molecule has 1 aliphatic carbocycles. The van der Waals surface area contributed by atoms with Crippen molar-refractivity contribution >= 4 is 17.5 Å². The molecule has 5 nitrogen and oxygen atoms in total. The largest absolute Gasteiger partial charge is 0.391 e. The minimum atomic E-state index is -0.460. The van der Waals surface area contributed by atoms with Crippen LogP contribution in [0.2, 0.25) is 0 Å². The molecule has 0 bridgehead atoms. The number of aliphatic hydroxyl groups excluding tert-OH is 1. The number of hydrogen-bond donors (Lipinski definition) is 3. The molecule has 132 valence electrons. The number of carbonyl (C=O) groups is 2. The standard InChI is InChI=1S/C19H28N2O3/c1-12(2)10-18(23)20-15-9-8-14(11-13(15)3)19(24)21-16-6-4-5-7-17(16)22/h8-9,11-12,16-17,22H,4-7,10H2,1-3H3,(H,20,23)(H,21,24). The predicted molar refractivity (Wildman–Crippen MR) is 95.0 cm³/mol. The highest BCUT2D eigenvalue weighted by Crippen LogP contribution is 2.20. The molecule has 1 saturated carbocycles. The lowest BCUT2D eigenvalue weighted by Crippen LogP contribution is -2.45. The minimum Gasteiger partial charge on any atom is -0.391 e. The summed E-state index contributed by atoms with van der Waals surface area (Å²) in [6, 6.07) is 5.08. The average Bonchev–Trinajstić information content (AvgIpc) is 2.50. The van der Waals surface area contributed by atoms with Crippen molar-refractivity contribution in [2.24, 2.45) is 5.92 Å². The molecule has 1 aromatic rings. The summed E-state index contributed by atoms with van der Waals surface area (Å²) >= 11 is 0. The van der Waals surface area contributed by atoms with E-state index in [-0.39, 0.29) is 17.9 Å². The third-order valence-electron chi connectivity index (χ3n) is 4.40. The van der Waals surface area contributed by atoms with E-state index in [4.69, 9.17) is 0 Å². The van der Waals surface area contributed by atoms with Crippen LogP contribution in [0.15, 0.2) is 18.2 Å². The fourth-order valence-electron chi connectivity index (χ4n) is 3.05. The number of rotatable bonds is 5. The maximum absolute atomic E-state index is 12.4. The van der Waals surface area contributed by atoms with Crippen molar-refractivity contribution in [2.45, 2.75) is 65.0 Å². The molecule has 3 N–H and O–H groups in total. The Bertz CT molecular complexity index is 598. The second-order valence-corrected chi connectivity index (χ2v) is 7.11. The lowest BCUT2D eigenvalue weighted by Gasteiger charge is -2.28. The Hall–Kier alpha value is -1.88. The average molecular weight is 332 g/mol. The first-order valence-corrected chi connectivity index (χ1v) is 8.76. The molecule has 2 amide bonds. The molecular weight excluding hydrogens is 304 g/mol. The molecule has 1 fully saturated rings. The number of aliphatic hydroxyl groups is 1. The number of benzene rings is 1. The van der Waals surface area contributed by atoms with Gasteiger partial charge in [0.1, 0.15) is 0 Å². The van der Waals surface area contributed by atoms with Crippen LogP contribution in [0.4, 0.5) is 5.69 Å². The van der Waals surface area contributed by atoms with Gasteiger partial charge in [-0.05, 0) is 49.4 Å². The number of hydrogen-bond acceptors (Lipinski definition) is 3. The van der Waals surface area contributed by atoms with Gasteiger partial charge in [0.25, 0.3) is 5.91 Å². The smallest absolute Gasteiger partial charge is 0.251 e. The summed E-state index contributed by atoms with van der Waals surface area (Å²) in [5.41, 5.74) is 2.13. The first-order chi connectivity index (χ1) is 11.4. The Morgan fingerprint density at radius 3 is 2.58 bits per heavy atom. The van der Waals surface area contributed by atoms with Gasteiger partial charge in [-0.1, -0.05) is 26.7 Å². The molecular formula is C19H28N2O3. The predicted octanol–water partition coefficient (Wildman–Crippen LogP) is 3.01. The van der Waals surface area contributed by atoms with Crippen LogP contribution in [0.3, 0.4) is 0 Å². The van der Waals surface area contributed by atoms with E-state index in [1.54, 1.807) is 18.2 Å². The molecule has 1 aliphatic rings. The number of amides is 2. The lowest BCUT2D eigenvalue weighted by molar-refractivity contribution is -0.116. The molecule has 0 radical (unpaired) electrons. The molecule has 1 aromatic carbocycles. The van der Waals surface area contributed by atoms with Crippen LogP contribution in [-0.2, 0) is 4.79 Å². The number of aryl methyl sites for hydroxylation is 1. The molecule has 2 unspecified atom stereocenters. The highest BCUT2D eigenvalue weighted by atomic mass is 16.3. The van der Waals surface area contributed by atoms with E-state index in [0.29, 0.717) is 17.9 Å². The van der Waals surface area contributed by atoms with Crippen LogP contribution >= 0.6 is 0 Å². The molecule has 0 heterocycles. The molecule has 0 aromatic heterocycles. The lowest BCUT2D eigenvalue weighted by atomic mass is 9.92. The van der Waals surface area contributed by atoms with E-state index < -0.39 is 6.10 Å². The van der Waals surface area contributed by atoms with Gasteiger partial charge in [0.05, 0.1) is 12.1 Å². The first-order valence-electron chi connectivity index (χ1n) is 8.76. The van der Waals surface area contributed by atoms with E-state index in [2.05, 4.69) is 10.6 Å². The molecule has 2 rings (SSSR count). The van der Waals surface area contributed by atoms with Gasteiger partial charge >= 0.3 is 0 Å². The SMILES string of the molecule is Cc1cc(C(=O)NC2CCCCC2O)ccc1NC(=O)CC(C)C. The Balaban J connectivity index is 2.00. The third-order valence-corrected chi connectivity index (χ3v) is 4.40. The van der Waals surface area contributed by atoms with E-state index >= 15 is 0 Å². The summed E-state index contributed by atoms with van der Waals surface area (Å²) in [4.78, 5) is 24.3. The van der Waals surface area contributed by atoms with Gasteiger partial charge in [-0.25, -0.2) is 0 Å². The van der Waals surface area contributed by atoms with Crippen molar-refractivity contribution < 1.29 is 14.7 Å². The number of carbonyl (C=O) groups excluding carboxylic acids is 2. The van der Waals surface area contributed by atoms with E-state index in [1.165, 1.54) is 0 Å². The van der Waals surface area contributed by atoms with Crippen molar-refractivity contribution in [1.29, 1.82) is 0 Å². The second kappa shape index (κ2) is 8.29. The van der Waals surface area contributed by atoms with Crippen molar-refractivity contribution in [2.75, 3.05) is 5.32 Å². The molecule has 2 atom stereocenters. The van der Waals surface area contributed by atoms with Crippen LogP contribution in [-0.4, -0.2) is 29.1 Å². The van der Waals surface area contributed by atoms with Gasteiger partial charge in [0.15, 0.2) is 0 Å². The molecule has 24 heavy (non-hydrogen) atoms. The van der Waals surface area contributed by atoms with Crippen LogP contribution in [0.1, 0.15) is 61.9 Å². The van der Waals surface area contributed by atoms with Crippen LogP contribution in [0, 0.1) is 12.8 Å². The fraction of sp³-hybridized carbons (Fsp3) is 0.579. The first kappa shape index (κ1) is 18.5. The van der Waals surface area contributed by atoms with Crippen molar-refractivity contribution in [1.82, 2.24) is 5.32 Å². The summed E-state index contributed by atoms with van der Waals surface area (Å²) in [6.07, 6.45) is 3.61. The minimum absolute atomic E-state index is 0.0179. The second-order valence-electron chi connectivity index (χ2n) is 7.11. The zero-order valence-corrected chi connectivity index (χ0v) is 14.8. The monoisotopic (exact) mass is 332 g/mol. The van der Waals surface area contributed by atoms with Crippen molar-refractivity contribution in [3.63, 3.8) is 0 Å². The Labute approximate surface area is 143 Å². The molecule has 0 saturated heterocycles. The van der Waals surface area contributed by atoms with Gasteiger partial charge in [-0.2, -0.15) is 0 Å². The van der Waals surface area contributed by atoms with Crippen LogP contribution in [0.5, 0.6) is 0 Å². The summed E-state index contributed by atoms with van der Waals surface area (Å²) in [7, 11) is 0. The normalized spacial score (nSPS) is 20.7. The van der Waals surface area contributed by atoms with E-state index in [1.807, 2.05) is 20.8 Å². The third kappa shape index (κ3) is 5.06. The van der Waals surface area contributed by atoms with Gasteiger partial charge in [0, 0.05) is 17.7 Å². The van der Waals surface area contributed by atoms with Gasteiger partial charge in [-0.15, -0.1) is 0 Å². The zero-order valence-electron chi connectivity index (χ0n) is 14.8. The fourth-order valence-corrected chi connectivity index (χ4v) is 3.05. The van der Waals surface area contributed by atoms with E-state index in [9.17, 15) is 14.7 Å². The molecule has 0 aliphatic heterocycles. The van der Waals surface area contributed by atoms with Crippen LogP contribution in [0.25, 0.3) is 0 Å². The highest BCUT2D eigenvalue weighted by Gasteiger charge is 2.25. The molecule has 0 spiro atoms. The van der Waals surface area contributed by atoms with Gasteiger partial charge < -0.3 is 15.7 Å². The topological polar surface area (TPSA) is 78.4 Å². The van der Waals surface area contributed by atoms with Crippen molar-refractivity contribution in [3.05, 3.63) is 29.3 Å².